The molecule has 0 aliphatic heterocycles. The van der Waals surface area contributed by atoms with Gasteiger partial charge in [-0.2, -0.15) is 4.72 Å². The van der Waals surface area contributed by atoms with Crippen LogP contribution in [-0.2, 0) is 20.9 Å². The first-order valence-corrected chi connectivity index (χ1v) is 9.10. The lowest BCUT2D eigenvalue weighted by molar-refractivity contribution is -0.121. The van der Waals surface area contributed by atoms with Crippen LogP contribution in [0.25, 0.3) is 0 Å². The third-order valence-electron chi connectivity index (χ3n) is 2.92. The Labute approximate surface area is 150 Å². The average Bonchev–Trinajstić information content (AvgIpc) is 2.43. The van der Waals surface area contributed by atoms with Crippen LogP contribution in [0, 0.1) is 11.7 Å². The summed E-state index contributed by atoms with van der Waals surface area (Å²) in [5.41, 5.74) is -0.701. The molecule has 0 saturated carbocycles. The molecule has 25 heavy (non-hydrogen) atoms. The van der Waals surface area contributed by atoms with E-state index in [1.807, 2.05) is 13.8 Å². The predicted octanol–water partition coefficient (Wildman–Crippen LogP) is 2.90. The highest BCUT2D eigenvalue weighted by Crippen LogP contribution is 2.13. The highest BCUT2D eigenvalue weighted by atomic mass is 32.2. The van der Waals surface area contributed by atoms with E-state index in [-0.39, 0.29) is 10.8 Å². The summed E-state index contributed by atoms with van der Waals surface area (Å²) in [4.78, 5) is 24.4. The Morgan fingerprint density at radius 1 is 1.32 bits per heavy atom. The lowest BCUT2D eigenvalue weighted by atomic mass is 10.0. The van der Waals surface area contributed by atoms with Crippen LogP contribution < -0.4 is 10.0 Å². The highest BCUT2D eigenvalue weighted by molar-refractivity contribution is 7.90. The van der Waals surface area contributed by atoms with Crippen LogP contribution in [0.2, 0.25) is 0 Å². The first kappa shape index (κ1) is 21.2. The molecular weight excluding hydrogens is 347 g/mol. The molecule has 6 nitrogen and oxygen atoms in total. The van der Waals surface area contributed by atoms with E-state index in [2.05, 4.69) is 10.0 Å². The molecule has 0 radical (unpaired) electrons. The van der Waals surface area contributed by atoms with Crippen molar-refractivity contribution in [3.63, 3.8) is 0 Å². The van der Waals surface area contributed by atoms with Crippen LogP contribution in [0.5, 0.6) is 0 Å². The van der Waals surface area contributed by atoms with Crippen molar-refractivity contribution in [2.24, 2.45) is 5.92 Å². The lowest BCUT2D eigenvalue weighted by Gasteiger charge is -2.24. The minimum Gasteiger partial charge on any atom is -0.588 e. The maximum atomic E-state index is 13.2. The Bertz CT molecular complexity index is 605. The van der Waals surface area contributed by atoms with Gasteiger partial charge in [0.25, 0.3) is 5.91 Å². The average molecular weight is 372 g/mol. The summed E-state index contributed by atoms with van der Waals surface area (Å²) in [5.74, 6) is -1.07. The molecule has 0 bridgehead atoms. The second-order valence-electron chi connectivity index (χ2n) is 7.02. The number of hydrogen-bond donors (Lipinski definition) is 2. The van der Waals surface area contributed by atoms with Gasteiger partial charge in [0.2, 0.25) is 0 Å². The van der Waals surface area contributed by atoms with Crippen molar-refractivity contribution < 1.29 is 23.3 Å². The zero-order valence-electron chi connectivity index (χ0n) is 15.1. The Balaban J connectivity index is 2.77. The molecule has 1 rings (SSSR count). The molecule has 2 unspecified atom stereocenters. The van der Waals surface area contributed by atoms with Gasteiger partial charge >= 0.3 is 6.09 Å². The van der Waals surface area contributed by atoms with Crippen molar-refractivity contribution in [3.05, 3.63) is 30.1 Å². The molecule has 0 aliphatic rings. The van der Waals surface area contributed by atoms with Crippen molar-refractivity contribution in [2.45, 2.75) is 57.6 Å². The minimum atomic E-state index is -1.92. The number of carbonyl (C=O) groups is 2. The summed E-state index contributed by atoms with van der Waals surface area (Å²) in [6, 6.07) is 4.23. The SMILES string of the molecule is CC(C)CC(NC(=O)OC(C)(C)C)C(=O)N[S+]([O-])c1cccc(F)c1. The van der Waals surface area contributed by atoms with E-state index in [0.29, 0.717) is 6.42 Å². The first-order valence-electron chi connectivity index (χ1n) is 7.95. The molecular formula is C17H25FN2O4S. The van der Waals surface area contributed by atoms with Crippen molar-refractivity contribution in [1.29, 1.82) is 0 Å². The molecule has 2 N–H and O–H groups in total. The van der Waals surface area contributed by atoms with Crippen LogP contribution >= 0.6 is 0 Å². The van der Waals surface area contributed by atoms with E-state index in [9.17, 15) is 18.5 Å². The first-order chi connectivity index (χ1) is 11.5. The number of ether oxygens (including phenoxy) is 1. The second kappa shape index (κ2) is 9.05. The van der Waals surface area contributed by atoms with E-state index >= 15 is 0 Å². The quantitative estimate of drug-likeness (QED) is 0.751. The fourth-order valence-corrected chi connectivity index (χ4v) is 2.82. The Morgan fingerprint density at radius 2 is 1.96 bits per heavy atom. The Hall–Kier alpha value is -1.80. The number of benzene rings is 1. The van der Waals surface area contributed by atoms with Crippen LogP contribution in [-0.4, -0.2) is 28.2 Å². The Morgan fingerprint density at radius 3 is 2.48 bits per heavy atom. The number of alkyl carbamates (subject to hydrolysis) is 1. The van der Waals surface area contributed by atoms with Crippen LogP contribution in [0.15, 0.2) is 29.2 Å². The molecule has 8 heteroatoms. The zero-order chi connectivity index (χ0) is 19.2. The van der Waals surface area contributed by atoms with Crippen LogP contribution in [0.3, 0.4) is 0 Å². The number of rotatable bonds is 6. The molecule has 0 spiro atoms. The standard InChI is InChI=1S/C17H25FN2O4S/c1-11(2)9-14(19-16(22)24-17(3,4)5)15(21)20-25(23)13-8-6-7-12(18)10-13/h6-8,10-11,14H,9H2,1-5H3,(H,19,22)(H,20,21). The van der Waals surface area contributed by atoms with E-state index in [1.165, 1.54) is 18.2 Å². The van der Waals surface area contributed by atoms with Gasteiger partial charge < -0.3 is 14.6 Å². The van der Waals surface area contributed by atoms with Gasteiger partial charge in [-0.15, -0.1) is 0 Å². The fraction of sp³-hybridized carbons (Fsp3) is 0.529. The van der Waals surface area contributed by atoms with Gasteiger partial charge in [0.1, 0.15) is 28.8 Å². The van der Waals surface area contributed by atoms with E-state index < -0.39 is 40.8 Å². The van der Waals surface area contributed by atoms with Gasteiger partial charge in [-0.1, -0.05) is 19.9 Å². The van der Waals surface area contributed by atoms with Gasteiger partial charge in [-0.25, -0.2) is 9.18 Å². The number of halogens is 1. The maximum absolute atomic E-state index is 13.2. The number of nitrogens with one attached hydrogen (secondary N) is 2. The summed E-state index contributed by atoms with van der Waals surface area (Å²) in [5, 5.41) is 2.49. The van der Waals surface area contributed by atoms with Gasteiger partial charge in [0, 0.05) is 6.07 Å². The largest absolute Gasteiger partial charge is 0.588 e. The summed E-state index contributed by atoms with van der Waals surface area (Å²) in [7, 11) is 0. The topological polar surface area (TPSA) is 90.5 Å². The number of amides is 2. The smallest absolute Gasteiger partial charge is 0.408 e. The van der Waals surface area contributed by atoms with Crippen molar-refractivity contribution in [3.8, 4) is 0 Å². The lowest BCUT2D eigenvalue weighted by Crippen LogP contribution is -2.50. The van der Waals surface area contributed by atoms with E-state index in [1.54, 1.807) is 20.8 Å². The molecule has 0 aromatic heterocycles. The summed E-state index contributed by atoms with van der Waals surface area (Å²) in [6.45, 7) is 8.91. The third kappa shape index (κ3) is 8.22. The molecule has 2 amide bonds. The molecule has 140 valence electrons. The molecule has 0 fully saturated rings. The second-order valence-corrected chi connectivity index (χ2v) is 8.23. The highest BCUT2D eigenvalue weighted by Gasteiger charge is 2.28. The van der Waals surface area contributed by atoms with Crippen molar-refractivity contribution >= 4 is 23.4 Å². The molecule has 1 aromatic rings. The molecule has 0 aliphatic carbocycles. The molecule has 0 saturated heterocycles. The normalized spacial score (nSPS) is 13.9. The molecule has 2 atom stereocenters. The van der Waals surface area contributed by atoms with Crippen LogP contribution in [0.4, 0.5) is 9.18 Å². The van der Waals surface area contributed by atoms with Crippen LogP contribution in [0.1, 0.15) is 41.0 Å². The summed E-state index contributed by atoms with van der Waals surface area (Å²) >= 11 is -1.92. The van der Waals surface area contributed by atoms with Gasteiger partial charge in [0.05, 0.1) is 0 Å². The number of hydrogen-bond acceptors (Lipinski definition) is 4. The fourth-order valence-electron chi connectivity index (χ4n) is 1.96. The van der Waals surface area contributed by atoms with Gasteiger partial charge in [-0.05, 0) is 45.2 Å². The molecule has 1 aromatic carbocycles. The summed E-state index contributed by atoms with van der Waals surface area (Å²) < 4.78 is 32.8. The monoisotopic (exact) mass is 372 g/mol. The Kier molecular flexibility index (Phi) is 7.69. The van der Waals surface area contributed by atoms with Gasteiger partial charge in [-0.3, -0.25) is 4.79 Å². The predicted molar refractivity (Wildman–Crippen MR) is 93.6 cm³/mol. The summed E-state index contributed by atoms with van der Waals surface area (Å²) in [6.07, 6.45) is -0.393. The van der Waals surface area contributed by atoms with E-state index in [0.717, 1.165) is 6.07 Å². The van der Waals surface area contributed by atoms with Crippen molar-refractivity contribution in [2.75, 3.05) is 0 Å². The van der Waals surface area contributed by atoms with Gasteiger partial charge in [0.15, 0.2) is 4.90 Å². The zero-order valence-corrected chi connectivity index (χ0v) is 15.9. The van der Waals surface area contributed by atoms with E-state index in [4.69, 9.17) is 4.74 Å². The third-order valence-corrected chi connectivity index (χ3v) is 3.99. The minimum absolute atomic E-state index is 0.105. The molecule has 0 heterocycles. The number of carbonyl (C=O) groups excluding carboxylic acids is 2. The maximum Gasteiger partial charge on any atom is 0.408 e. The van der Waals surface area contributed by atoms with Crippen molar-refractivity contribution in [1.82, 2.24) is 10.0 Å².